The number of aromatic amines is 1. The van der Waals surface area contributed by atoms with Crippen LogP contribution in [0.4, 0.5) is 0 Å². The Morgan fingerprint density at radius 3 is 2.54 bits per heavy atom. The minimum Gasteiger partial charge on any atom is -0.326 e. The Labute approximate surface area is 161 Å². The molecule has 0 aliphatic heterocycles. The molecule has 0 radical (unpaired) electrons. The van der Waals surface area contributed by atoms with Gasteiger partial charge in [0.1, 0.15) is 11.7 Å². The van der Waals surface area contributed by atoms with E-state index in [0.29, 0.717) is 11.5 Å². The molecule has 140 valence electrons. The Morgan fingerprint density at radius 1 is 1.07 bits per heavy atom. The molecule has 0 saturated carbocycles. The number of benzene rings is 2. The Kier molecular flexibility index (Phi) is 4.67. The third kappa shape index (κ3) is 3.16. The van der Waals surface area contributed by atoms with E-state index >= 15 is 0 Å². The van der Waals surface area contributed by atoms with E-state index in [-0.39, 0.29) is 5.91 Å². The van der Waals surface area contributed by atoms with Gasteiger partial charge in [0.25, 0.3) is 5.91 Å². The maximum atomic E-state index is 13.0. The summed E-state index contributed by atoms with van der Waals surface area (Å²) in [6.07, 6.45) is 1.55. The summed E-state index contributed by atoms with van der Waals surface area (Å²) in [6, 6.07) is 18.7. The highest BCUT2D eigenvalue weighted by atomic mass is 16.2. The highest BCUT2D eigenvalue weighted by molar-refractivity contribution is 5.92. The quantitative estimate of drug-likeness (QED) is 0.580. The first kappa shape index (κ1) is 17.6. The number of rotatable bonds is 5. The van der Waals surface area contributed by atoms with Crippen molar-refractivity contribution < 1.29 is 4.79 Å². The number of amides is 1. The fraction of sp³-hybridized carbons (Fsp3) is 0.150. The van der Waals surface area contributed by atoms with Crippen LogP contribution in [0.5, 0.6) is 0 Å². The fourth-order valence-electron chi connectivity index (χ4n) is 3.20. The fourth-order valence-corrected chi connectivity index (χ4v) is 3.20. The molecule has 1 N–H and O–H groups in total. The number of H-pyrrole nitrogens is 1. The molecule has 4 aromatic rings. The van der Waals surface area contributed by atoms with Gasteiger partial charge < -0.3 is 4.90 Å². The molecule has 2 heterocycles. The molecule has 2 aromatic heterocycles. The van der Waals surface area contributed by atoms with Crippen LogP contribution in [0.2, 0.25) is 0 Å². The van der Waals surface area contributed by atoms with Gasteiger partial charge in [-0.1, -0.05) is 48.5 Å². The van der Waals surface area contributed by atoms with Crippen LogP contribution >= 0.6 is 0 Å². The van der Waals surface area contributed by atoms with E-state index in [2.05, 4.69) is 25.7 Å². The first-order chi connectivity index (χ1) is 13.7. The van der Waals surface area contributed by atoms with Gasteiger partial charge in [-0.3, -0.25) is 9.89 Å². The molecule has 1 amide bonds. The van der Waals surface area contributed by atoms with Crippen molar-refractivity contribution in [1.29, 1.82) is 0 Å². The second kappa shape index (κ2) is 7.43. The molecule has 28 heavy (non-hydrogen) atoms. The molecule has 0 aliphatic carbocycles. The van der Waals surface area contributed by atoms with Crippen LogP contribution in [0.1, 0.15) is 33.5 Å². The van der Waals surface area contributed by atoms with Gasteiger partial charge in [-0.25, -0.2) is 0 Å². The van der Waals surface area contributed by atoms with Crippen molar-refractivity contribution in [3.63, 3.8) is 0 Å². The lowest BCUT2D eigenvalue weighted by Crippen LogP contribution is -2.34. The second-order valence-electron chi connectivity index (χ2n) is 6.43. The summed E-state index contributed by atoms with van der Waals surface area (Å²) in [4.78, 5) is 14.6. The molecule has 8 heteroatoms. The number of aryl methyl sites for hydroxylation is 1. The van der Waals surface area contributed by atoms with Crippen LogP contribution in [0.3, 0.4) is 0 Å². The van der Waals surface area contributed by atoms with E-state index in [4.69, 9.17) is 0 Å². The number of hydrogen-bond acceptors (Lipinski definition) is 5. The predicted octanol–water partition coefficient (Wildman–Crippen LogP) is 2.56. The molecule has 4 rings (SSSR count). The van der Waals surface area contributed by atoms with Crippen molar-refractivity contribution in [2.75, 3.05) is 7.05 Å². The molecule has 0 saturated heterocycles. The smallest absolute Gasteiger partial charge is 0.272 e. The lowest BCUT2D eigenvalue weighted by Gasteiger charge is -2.27. The number of para-hydroxylation sites is 1. The molecule has 0 spiro atoms. The minimum absolute atomic E-state index is 0.203. The second-order valence-corrected chi connectivity index (χ2v) is 6.43. The van der Waals surface area contributed by atoms with Crippen molar-refractivity contribution in [3.8, 4) is 5.69 Å². The third-order valence-corrected chi connectivity index (χ3v) is 4.64. The summed E-state index contributed by atoms with van der Waals surface area (Å²) in [6.45, 7) is 2.00. The van der Waals surface area contributed by atoms with Gasteiger partial charge in [0.05, 0.1) is 5.69 Å². The Bertz CT molecular complexity index is 1070. The molecule has 0 bridgehead atoms. The van der Waals surface area contributed by atoms with Crippen molar-refractivity contribution in [3.05, 3.63) is 89.5 Å². The van der Waals surface area contributed by atoms with E-state index in [1.165, 1.54) is 0 Å². The monoisotopic (exact) mass is 373 g/mol. The third-order valence-electron chi connectivity index (χ3n) is 4.64. The van der Waals surface area contributed by atoms with Crippen LogP contribution in [-0.4, -0.2) is 48.3 Å². The maximum Gasteiger partial charge on any atom is 0.272 e. The van der Waals surface area contributed by atoms with Crippen LogP contribution in [0.15, 0.2) is 66.9 Å². The molecule has 0 fully saturated rings. The Hall–Kier alpha value is -3.81. The van der Waals surface area contributed by atoms with Gasteiger partial charge >= 0.3 is 0 Å². The zero-order valence-corrected chi connectivity index (χ0v) is 15.5. The number of aromatic nitrogens is 6. The van der Waals surface area contributed by atoms with Crippen LogP contribution in [0.25, 0.3) is 5.69 Å². The van der Waals surface area contributed by atoms with Gasteiger partial charge in [-0.15, -0.1) is 5.10 Å². The Balaban J connectivity index is 1.83. The molecule has 2 aromatic carbocycles. The number of carbonyl (C=O) groups is 1. The molecule has 0 aliphatic rings. The molecule has 0 unspecified atom stereocenters. The molecule has 8 nitrogen and oxygen atoms in total. The predicted molar refractivity (Wildman–Crippen MR) is 103 cm³/mol. The zero-order chi connectivity index (χ0) is 19.5. The van der Waals surface area contributed by atoms with Crippen LogP contribution < -0.4 is 0 Å². The van der Waals surface area contributed by atoms with Crippen molar-refractivity contribution in [2.24, 2.45) is 0 Å². The molecule has 1 atom stereocenters. The first-order valence-electron chi connectivity index (χ1n) is 8.82. The molecular formula is C20H19N7O. The lowest BCUT2D eigenvalue weighted by atomic mass is 10.0. The Morgan fingerprint density at radius 2 is 1.82 bits per heavy atom. The largest absolute Gasteiger partial charge is 0.326 e. The average Bonchev–Trinajstić information content (AvgIpc) is 3.41. The van der Waals surface area contributed by atoms with Crippen molar-refractivity contribution in [2.45, 2.75) is 13.0 Å². The summed E-state index contributed by atoms with van der Waals surface area (Å²) in [5.41, 5.74) is 3.21. The SMILES string of the molecule is Cc1ccccc1-n1nnnc1[C@@H](c1ccccc1)N(C)C(=O)c1ccn[nH]1. The van der Waals surface area contributed by atoms with Gasteiger partial charge in [-0.2, -0.15) is 9.78 Å². The van der Waals surface area contributed by atoms with Crippen LogP contribution in [0, 0.1) is 6.92 Å². The van der Waals surface area contributed by atoms with Gasteiger partial charge in [0.15, 0.2) is 5.82 Å². The number of nitrogens with zero attached hydrogens (tertiary/aromatic N) is 6. The lowest BCUT2D eigenvalue weighted by molar-refractivity contribution is 0.0742. The number of tetrazole rings is 1. The zero-order valence-electron chi connectivity index (χ0n) is 15.5. The minimum atomic E-state index is -0.480. The topological polar surface area (TPSA) is 92.6 Å². The standard InChI is InChI=1S/C20H19N7O/c1-14-8-6-7-11-17(14)27-19(23-24-25-27)18(15-9-4-3-5-10-15)26(2)20(28)16-12-13-21-22-16/h3-13,18H,1-2H3,(H,21,22)/t18-/m1/s1. The first-order valence-corrected chi connectivity index (χ1v) is 8.82. The summed E-state index contributed by atoms with van der Waals surface area (Å²) >= 11 is 0. The van der Waals surface area contributed by atoms with E-state index in [9.17, 15) is 4.79 Å². The summed E-state index contributed by atoms with van der Waals surface area (Å²) in [7, 11) is 1.73. The number of hydrogen-bond donors (Lipinski definition) is 1. The van der Waals surface area contributed by atoms with E-state index in [1.54, 1.807) is 28.9 Å². The summed E-state index contributed by atoms with van der Waals surface area (Å²) in [5.74, 6) is 0.349. The maximum absolute atomic E-state index is 13.0. The van der Waals surface area contributed by atoms with Gasteiger partial charge in [0.2, 0.25) is 0 Å². The highest BCUT2D eigenvalue weighted by Crippen LogP contribution is 2.28. The number of nitrogens with one attached hydrogen (secondary N) is 1. The normalized spacial score (nSPS) is 11.9. The summed E-state index contributed by atoms with van der Waals surface area (Å²) < 4.78 is 1.68. The summed E-state index contributed by atoms with van der Waals surface area (Å²) in [5, 5.41) is 19.0. The van der Waals surface area contributed by atoms with Gasteiger partial charge in [0, 0.05) is 13.2 Å². The van der Waals surface area contributed by atoms with Crippen LogP contribution in [-0.2, 0) is 0 Å². The van der Waals surface area contributed by atoms with E-state index < -0.39 is 6.04 Å². The average molecular weight is 373 g/mol. The van der Waals surface area contributed by atoms with Gasteiger partial charge in [-0.05, 0) is 40.6 Å². The van der Waals surface area contributed by atoms with E-state index in [0.717, 1.165) is 16.8 Å². The number of carbonyl (C=O) groups excluding carboxylic acids is 1. The van der Waals surface area contributed by atoms with Crippen molar-refractivity contribution in [1.82, 2.24) is 35.3 Å². The molecular weight excluding hydrogens is 354 g/mol. The highest BCUT2D eigenvalue weighted by Gasteiger charge is 2.30. The van der Waals surface area contributed by atoms with E-state index in [1.807, 2.05) is 61.5 Å². The van der Waals surface area contributed by atoms with Crippen molar-refractivity contribution >= 4 is 5.91 Å².